The van der Waals surface area contributed by atoms with Gasteiger partial charge in [-0.1, -0.05) is 0 Å². The van der Waals surface area contributed by atoms with Gasteiger partial charge in [0.2, 0.25) is 5.91 Å². The second kappa shape index (κ2) is 5.95. The van der Waals surface area contributed by atoms with Crippen molar-refractivity contribution in [3.63, 3.8) is 0 Å². The number of nitrogens with one attached hydrogen (secondary N) is 1. The Balaban J connectivity index is 2.83. The van der Waals surface area contributed by atoms with E-state index in [-0.39, 0.29) is 18.1 Å². The van der Waals surface area contributed by atoms with Gasteiger partial charge in [0.05, 0.1) is 19.1 Å². The van der Waals surface area contributed by atoms with E-state index in [4.69, 9.17) is 0 Å². The Bertz CT molecular complexity index is 494. The van der Waals surface area contributed by atoms with E-state index in [9.17, 15) is 14.4 Å². The molecular formula is C13H15NO4. The maximum Gasteiger partial charge on any atom is 0.337 e. The quantitative estimate of drug-likeness (QED) is 0.651. The van der Waals surface area contributed by atoms with Crippen LogP contribution in [0, 0.1) is 6.92 Å². The molecular weight excluding hydrogens is 234 g/mol. The molecule has 0 atom stereocenters. The molecule has 0 radical (unpaired) electrons. The van der Waals surface area contributed by atoms with Crippen molar-refractivity contribution in [3.05, 3.63) is 29.3 Å². The topological polar surface area (TPSA) is 72.5 Å². The van der Waals surface area contributed by atoms with E-state index in [2.05, 4.69) is 10.1 Å². The van der Waals surface area contributed by atoms with E-state index in [1.165, 1.54) is 14.0 Å². The predicted molar refractivity (Wildman–Crippen MR) is 66.4 cm³/mol. The largest absolute Gasteiger partial charge is 0.465 e. The normalized spacial score (nSPS) is 9.72. The molecule has 1 aromatic carbocycles. The molecule has 0 heterocycles. The van der Waals surface area contributed by atoms with Crippen molar-refractivity contribution in [2.45, 2.75) is 20.3 Å². The number of amides is 1. The van der Waals surface area contributed by atoms with Crippen molar-refractivity contribution in [3.8, 4) is 0 Å². The third-order valence-corrected chi connectivity index (χ3v) is 2.33. The van der Waals surface area contributed by atoms with Gasteiger partial charge in [-0.2, -0.15) is 0 Å². The molecule has 0 saturated carbocycles. The number of carbonyl (C=O) groups is 3. The summed E-state index contributed by atoms with van der Waals surface area (Å²) in [4.78, 5) is 33.5. The molecule has 0 unspecified atom stereocenters. The number of hydrogen-bond donors (Lipinski definition) is 1. The van der Waals surface area contributed by atoms with Crippen LogP contribution in [0.3, 0.4) is 0 Å². The van der Waals surface area contributed by atoms with Crippen molar-refractivity contribution in [2.75, 3.05) is 12.4 Å². The van der Waals surface area contributed by atoms with Crippen molar-refractivity contribution in [2.24, 2.45) is 0 Å². The van der Waals surface area contributed by atoms with Gasteiger partial charge in [-0.15, -0.1) is 0 Å². The van der Waals surface area contributed by atoms with Crippen LogP contribution in [-0.4, -0.2) is 24.8 Å². The first-order valence-electron chi connectivity index (χ1n) is 5.42. The van der Waals surface area contributed by atoms with E-state index in [0.29, 0.717) is 11.3 Å². The number of hydrogen-bond acceptors (Lipinski definition) is 4. The number of Topliss-reactive ketones (excluding diaryl/α,β-unsaturated/α-hetero) is 1. The Morgan fingerprint density at radius 1 is 1.28 bits per heavy atom. The standard InChI is InChI=1S/C13H15NO4/c1-8-6-10(13(17)18-3)4-5-11(8)14-12(16)7-9(2)15/h4-6H,7H2,1-3H3,(H,14,16). The molecule has 1 rings (SSSR count). The monoisotopic (exact) mass is 249 g/mol. The first-order chi connectivity index (χ1) is 8.43. The average Bonchev–Trinajstić information content (AvgIpc) is 2.29. The smallest absolute Gasteiger partial charge is 0.337 e. The summed E-state index contributed by atoms with van der Waals surface area (Å²) in [5.74, 6) is -0.993. The number of esters is 1. The van der Waals surface area contributed by atoms with Crippen LogP contribution < -0.4 is 5.32 Å². The van der Waals surface area contributed by atoms with Gasteiger partial charge in [0, 0.05) is 5.69 Å². The van der Waals surface area contributed by atoms with E-state index in [1.54, 1.807) is 25.1 Å². The molecule has 0 aromatic heterocycles. The Morgan fingerprint density at radius 2 is 1.94 bits per heavy atom. The fourth-order valence-electron chi connectivity index (χ4n) is 1.47. The molecule has 5 nitrogen and oxygen atoms in total. The number of methoxy groups -OCH3 is 1. The highest BCUT2D eigenvalue weighted by Gasteiger charge is 2.10. The summed E-state index contributed by atoms with van der Waals surface area (Å²) in [6.45, 7) is 3.11. The summed E-state index contributed by atoms with van der Waals surface area (Å²) in [5, 5.41) is 2.61. The number of rotatable bonds is 4. The minimum atomic E-state index is -0.431. The van der Waals surface area contributed by atoms with E-state index < -0.39 is 5.97 Å². The van der Waals surface area contributed by atoms with Gasteiger partial charge in [0.15, 0.2) is 0 Å². The molecule has 1 N–H and O–H groups in total. The van der Waals surface area contributed by atoms with Crippen LogP contribution in [0.15, 0.2) is 18.2 Å². The minimum absolute atomic E-state index is 0.155. The maximum absolute atomic E-state index is 11.4. The third kappa shape index (κ3) is 3.69. The van der Waals surface area contributed by atoms with Gasteiger partial charge in [-0.05, 0) is 37.6 Å². The number of aryl methyl sites for hydroxylation is 1. The summed E-state index contributed by atoms with van der Waals surface area (Å²) < 4.78 is 4.59. The fraction of sp³-hybridized carbons (Fsp3) is 0.308. The maximum atomic E-state index is 11.4. The molecule has 0 aliphatic rings. The zero-order chi connectivity index (χ0) is 13.7. The lowest BCUT2D eigenvalue weighted by Gasteiger charge is -2.09. The Morgan fingerprint density at radius 3 is 2.44 bits per heavy atom. The molecule has 0 aliphatic heterocycles. The molecule has 0 saturated heterocycles. The second-order valence-electron chi connectivity index (χ2n) is 3.95. The van der Waals surface area contributed by atoms with Crippen molar-refractivity contribution in [1.29, 1.82) is 0 Å². The molecule has 96 valence electrons. The van der Waals surface area contributed by atoms with E-state index >= 15 is 0 Å². The fourth-order valence-corrected chi connectivity index (χ4v) is 1.47. The van der Waals surface area contributed by atoms with Gasteiger partial charge in [-0.25, -0.2) is 4.79 Å². The van der Waals surface area contributed by atoms with Crippen LogP contribution in [0.4, 0.5) is 5.69 Å². The van der Waals surface area contributed by atoms with Crippen LogP contribution in [0.5, 0.6) is 0 Å². The van der Waals surface area contributed by atoms with Gasteiger partial charge in [-0.3, -0.25) is 9.59 Å². The Labute approximate surface area is 105 Å². The zero-order valence-electron chi connectivity index (χ0n) is 10.6. The van der Waals surface area contributed by atoms with Crippen molar-refractivity contribution in [1.82, 2.24) is 0 Å². The zero-order valence-corrected chi connectivity index (χ0v) is 10.6. The summed E-state index contributed by atoms with van der Waals surface area (Å²) in [6.07, 6.45) is -0.155. The van der Waals surface area contributed by atoms with Crippen LogP contribution >= 0.6 is 0 Å². The summed E-state index contributed by atoms with van der Waals surface area (Å²) in [5.41, 5.74) is 1.73. The highest BCUT2D eigenvalue weighted by atomic mass is 16.5. The first kappa shape index (κ1) is 13.9. The van der Waals surface area contributed by atoms with Crippen LogP contribution in [0.25, 0.3) is 0 Å². The number of ketones is 1. The van der Waals surface area contributed by atoms with Gasteiger partial charge < -0.3 is 10.1 Å². The minimum Gasteiger partial charge on any atom is -0.465 e. The van der Waals surface area contributed by atoms with Crippen molar-refractivity contribution >= 4 is 23.3 Å². The lowest BCUT2D eigenvalue weighted by molar-refractivity contribution is -0.124. The lowest BCUT2D eigenvalue weighted by atomic mass is 10.1. The molecule has 0 fully saturated rings. The van der Waals surface area contributed by atoms with Crippen molar-refractivity contribution < 1.29 is 19.1 Å². The van der Waals surface area contributed by atoms with E-state index in [0.717, 1.165) is 5.56 Å². The van der Waals surface area contributed by atoms with Crippen LogP contribution in [0.1, 0.15) is 29.3 Å². The highest BCUT2D eigenvalue weighted by molar-refractivity contribution is 6.04. The SMILES string of the molecule is COC(=O)c1ccc(NC(=O)CC(C)=O)c(C)c1. The van der Waals surface area contributed by atoms with Gasteiger partial charge in [0.1, 0.15) is 5.78 Å². The molecule has 18 heavy (non-hydrogen) atoms. The molecule has 5 heteroatoms. The Kier molecular flexibility index (Phi) is 4.59. The molecule has 1 amide bonds. The Hall–Kier alpha value is -2.17. The first-order valence-corrected chi connectivity index (χ1v) is 5.42. The third-order valence-electron chi connectivity index (χ3n) is 2.33. The summed E-state index contributed by atoms with van der Waals surface area (Å²) in [7, 11) is 1.31. The van der Waals surface area contributed by atoms with Crippen LogP contribution in [-0.2, 0) is 14.3 Å². The summed E-state index contributed by atoms with van der Waals surface area (Å²) in [6, 6.07) is 4.79. The van der Waals surface area contributed by atoms with Gasteiger partial charge in [0.25, 0.3) is 0 Å². The molecule has 1 aromatic rings. The van der Waals surface area contributed by atoms with Gasteiger partial charge >= 0.3 is 5.97 Å². The predicted octanol–water partition coefficient (Wildman–Crippen LogP) is 1.70. The average molecular weight is 249 g/mol. The number of benzene rings is 1. The number of anilines is 1. The number of carbonyl (C=O) groups excluding carboxylic acids is 3. The summed E-state index contributed by atoms with van der Waals surface area (Å²) >= 11 is 0. The number of ether oxygens (including phenoxy) is 1. The second-order valence-corrected chi connectivity index (χ2v) is 3.95. The van der Waals surface area contributed by atoms with Crippen LogP contribution in [0.2, 0.25) is 0 Å². The molecule has 0 aliphatic carbocycles. The lowest BCUT2D eigenvalue weighted by Crippen LogP contribution is -2.15. The molecule has 0 bridgehead atoms. The van der Waals surface area contributed by atoms with E-state index in [1.807, 2.05) is 0 Å². The molecule has 0 spiro atoms. The highest BCUT2D eigenvalue weighted by Crippen LogP contribution is 2.17.